The lowest BCUT2D eigenvalue weighted by molar-refractivity contribution is 0.0896. The molecule has 1 aromatic carbocycles. The van der Waals surface area contributed by atoms with Crippen LogP contribution in [0.4, 0.5) is 8.78 Å². The molecule has 0 bridgehead atoms. The molecule has 0 saturated heterocycles. The van der Waals surface area contributed by atoms with E-state index in [0.29, 0.717) is 10.6 Å². The van der Waals surface area contributed by atoms with Crippen molar-refractivity contribution in [2.75, 3.05) is 6.54 Å². The number of halogens is 3. The first-order valence-corrected chi connectivity index (χ1v) is 5.15. The molecule has 1 fully saturated rings. The summed E-state index contributed by atoms with van der Waals surface area (Å²) >= 11 is 5.94. The Morgan fingerprint density at radius 2 is 2.07 bits per heavy atom. The van der Waals surface area contributed by atoms with Crippen LogP contribution in [0.15, 0.2) is 18.2 Å². The fourth-order valence-electron chi connectivity index (χ4n) is 1.96. The highest BCUT2D eigenvalue weighted by Gasteiger charge is 2.71. The Kier molecular flexibility index (Phi) is 2.28. The van der Waals surface area contributed by atoms with Gasteiger partial charge in [-0.05, 0) is 18.6 Å². The molecule has 0 heterocycles. The molecule has 82 valence electrons. The summed E-state index contributed by atoms with van der Waals surface area (Å²) in [6.07, 6.45) is -0.195. The van der Waals surface area contributed by atoms with Crippen LogP contribution >= 0.6 is 11.6 Å². The molecule has 1 atom stereocenters. The van der Waals surface area contributed by atoms with Crippen LogP contribution in [0.2, 0.25) is 5.02 Å². The summed E-state index contributed by atoms with van der Waals surface area (Å²) in [6, 6.07) is 5.16. The number of nitrogens with two attached hydrogens (primary N) is 1. The van der Waals surface area contributed by atoms with E-state index in [9.17, 15) is 8.78 Å². The molecule has 15 heavy (non-hydrogen) atoms. The van der Waals surface area contributed by atoms with Crippen molar-refractivity contribution < 1.29 is 8.78 Å². The van der Waals surface area contributed by atoms with Gasteiger partial charge in [0, 0.05) is 18.0 Å². The molecule has 1 aliphatic carbocycles. The highest BCUT2D eigenvalue weighted by atomic mass is 35.5. The molecule has 0 amide bonds. The second kappa shape index (κ2) is 3.16. The molecule has 0 spiro atoms. The second-order valence-corrected chi connectivity index (χ2v) is 4.56. The van der Waals surface area contributed by atoms with E-state index in [2.05, 4.69) is 0 Å². The van der Waals surface area contributed by atoms with E-state index in [1.54, 1.807) is 18.2 Å². The van der Waals surface area contributed by atoms with Gasteiger partial charge in [0.25, 0.3) is 5.92 Å². The zero-order chi connectivity index (χ0) is 11.3. The molecule has 0 radical (unpaired) electrons. The Balaban J connectivity index is 2.50. The molecule has 0 aromatic heterocycles. The highest BCUT2D eigenvalue weighted by molar-refractivity contribution is 6.31. The van der Waals surface area contributed by atoms with Gasteiger partial charge in [0.1, 0.15) is 0 Å². The third-order valence-corrected chi connectivity index (χ3v) is 3.41. The molecule has 1 aromatic rings. The van der Waals surface area contributed by atoms with Crippen LogP contribution < -0.4 is 5.73 Å². The van der Waals surface area contributed by atoms with Gasteiger partial charge in [-0.3, -0.25) is 0 Å². The number of alkyl halides is 2. The lowest BCUT2D eigenvalue weighted by Crippen LogP contribution is -2.27. The van der Waals surface area contributed by atoms with E-state index in [-0.39, 0.29) is 13.0 Å². The van der Waals surface area contributed by atoms with Gasteiger partial charge in [0.15, 0.2) is 0 Å². The normalized spacial score (nSPS) is 27.8. The standard InChI is InChI=1S/C11H12ClF2N/c1-7-2-3-9(12)8(4-7)10(6-15)5-11(10,13)14/h2-4H,5-6,15H2,1H3. The van der Waals surface area contributed by atoms with Gasteiger partial charge < -0.3 is 5.73 Å². The van der Waals surface area contributed by atoms with Gasteiger partial charge in [0.05, 0.1) is 5.41 Å². The fourth-order valence-corrected chi connectivity index (χ4v) is 2.26. The zero-order valence-corrected chi connectivity index (χ0v) is 9.11. The maximum Gasteiger partial charge on any atom is 0.260 e. The zero-order valence-electron chi connectivity index (χ0n) is 8.36. The van der Waals surface area contributed by atoms with Crippen LogP contribution in [0, 0.1) is 6.92 Å². The van der Waals surface area contributed by atoms with Gasteiger partial charge in [0.2, 0.25) is 0 Å². The third kappa shape index (κ3) is 1.45. The van der Waals surface area contributed by atoms with Crippen molar-refractivity contribution in [2.45, 2.75) is 24.7 Å². The SMILES string of the molecule is Cc1ccc(Cl)c(C2(CN)CC2(F)F)c1. The minimum atomic E-state index is -2.71. The maximum atomic E-state index is 13.3. The number of hydrogen-bond acceptors (Lipinski definition) is 1. The molecule has 4 heteroatoms. The average Bonchev–Trinajstić information content (AvgIpc) is 2.74. The molecule has 2 rings (SSSR count). The Labute approximate surface area is 92.2 Å². The van der Waals surface area contributed by atoms with Crippen LogP contribution in [0.1, 0.15) is 17.5 Å². The summed E-state index contributed by atoms with van der Waals surface area (Å²) < 4.78 is 26.6. The smallest absolute Gasteiger partial charge is 0.260 e. The predicted molar refractivity (Wildman–Crippen MR) is 56.5 cm³/mol. The Hall–Kier alpha value is -0.670. The molecule has 1 unspecified atom stereocenters. The van der Waals surface area contributed by atoms with Crippen molar-refractivity contribution in [3.63, 3.8) is 0 Å². The van der Waals surface area contributed by atoms with E-state index < -0.39 is 11.3 Å². The highest BCUT2D eigenvalue weighted by Crippen LogP contribution is 2.62. The van der Waals surface area contributed by atoms with Crippen molar-refractivity contribution in [3.05, 3.63) is 34.3 Å². The monoisotopic (exact) mass is 231 g/mol. The molecular formula is C11H12ClF2N. The first kappa shape index (κ1) is 10.8. The third-order valence-electron chi connectivity index (χ3n) is 3.08. The van der Waals surface area contributed by atoms with Crippen molar-refractivity contribution >= 4 is 11.6 Å². The van der Waals surface area contributed by atoms with Crippen molar-refractivity contribution in [1.29, 1.82) is 0 Å². The molecule has 1 aliphatic rings. The van der Waals surface area contributed by atoms with Crippen LogP contribution in [-0.2, 0) is 5.41 Å². The van der Waals surface area contributed by atoms with Gasteiger partial charge in [-0.15, -0.1) is 0 Å². The summed E-state index contributed by atoms with van der Waals surface area (Å²) in [5.74, 6) is -2.71. The first-order chi connectivity index (χ1) is 6.93. The topological polar surface area (TPSA) is 26.0 Å². The molecular weight excluding hydrogens is 220 g/mol. The molecule has 1 saturated carbocycles. The summed E-state index contributed by atoms with van der Waals surface area (Å²) in [5, 5.41) is 0.378. The van der Waals surface area contributed by atoms with E-state index in [1.807, 2.05) is 6.92 Å². The number of benzene rings is 1. The van der Waals surface area contributed by atoms with E-state index in [0.717, 1.165) is 5.56 Å². The summed E-state index contributed by atoms with van der Waals surface area (Å²) in [7, 11) is 0. The number of aryl methyl sites for hydroxylation is 1. The quantitative estimate of drug-likeness (QED) is 0.832. The van der Waals surface area contributed by atoms with E-state index in [1.165, 1.54) is 0 Å². The second-order valence-electron chi connectivity index (χ2n) is 4.15. The minimum absolute atomic E-state index is 0.0663. The Morgan fingerprint density at radius 3 is 2.53 bits per heavy atom. The van der Waals surface area contributed by atoms with Gasteiger partial charge >= 0.3 is 0 Å². The largest absolute Gasteiger partial charge is 0.329 e. The van der Waals surface area contributed by atoms with Crippen molar-refractivity contribution in [3.8, 4) is 0 Å². The Morgan fingerprint density at radius 1 is 1.47 bits per heavy atom. The molecule has 1 nitrogen and oxygen atoms in total. The summed E-state index contributed by atoms with van der Waals surface area (Å²) in [4.78, 5) is 0. The van der Waals surface area contributed by atoms with Crippen molar-refractivity contribution in [1.82, 2.24) is 0 Å². The van der Waals surface area contributed by atoms with Crippen LogP contribution in [0.3, 0.4) is 0 Å². The summed E-state index contributed by atoms with van der Waals surface area (Å²) in [5.41, 5.74) is 5.63. The first-order valence-electron chi connectivity index (χ1n) is 4.77. The van der Waals surface area contributed by atoms with E-state index in [4.69, 9.17) is 17.3 Å². The van der Waals surface area contributed by atoms with Gasteiger partial charge in [-0.25, -0.2) is 8.78 Å². The lowest BCUT2D eigenvalue weighted by Gasteiger charge is -2.16. The van der Waals surface area contributed by atoms with Crippen molar-refractivity contribution in [2.24, 2.45) is 5.73 Å². The van der Waals surface area contributed by atoms with Crippen LogP contribution in [-0.4, -0.2) is 12.5 Å². The van der Waals surface area contributed by atoms with Gasteiger partial charge in [-0.2, -0.15) is 0 Å². The average molecular weight is 232 g/mol. The number of rotatable bonds is 2. The summed E-state index contributed by atoms with van der Waals surface area (Å²) in [6.45, 7) is 1.79. The number of hydrogen-bond donors (Lipinski definition) is 1. The molecule has 2 N–H and O–H groups in total. The van der Waals surface area contributed by atoms with Crippen LogP contribution in [0.25, 0.3) is 0 Å². The van der Waals surface area contributed by atoms with E-state index >= 15 is 0 Å². The Bertz CT molecular complexity index is 406. The predicted octanol–water partition coefficient (Wildman–Crippen LogP) is 2.88. The fraction of sp³-hybridized carbons (Fsp3) is 0.455. The maximum absolute atomic E-state index is 13.3. The molecule has 0 aliphatic heterocycles. The van der Waals surface area contributed by atoms with Gasteiger partial charge in [-0.1, -0.05) is 29.3 Å². The minimum Gasteiger partial charge on any atom is -0.329 e. The lowest BCUT2D eigenvalue weighted by atomic mass is 9.94. The van der Waals surface area contributed by atoms with Crippen LogP contribution in [0.5, 0.6) is 0 Å².